The highest BCUT2D eigenvalue weighted by Crippen LogP contribution is 2.32. The summed E-state index contributed by atoms with van der Waals surface area (Å²) in [5.74, 6) is 2.55. The fourth-order valence-electron chi connectivity index (χ4n) is 2.99. The third-order valence-electron chi connectivity index (χ3n) is 4.48. The molecule has 7 nitrogen and oxygen atoms in total. The van der Waals surface area contributed by atoms with E-state index < -0.39 is 0 Å². The lowest BCUT2D eigenvalue weighted by molar-refractivity contribution is 0.102. The molecule has 29 heavy (non-hydrogen) atoms. The summed E-state index contributed by atoms with van der Waals surface area (Å²) >= 11 is 0. The van der Waals surface area contributed by atoms with Gasteiger partial charge in [-0.1, -0.05) is 18.2 Å². The third kappa shape index (κ3) is 4.40. The molecular weight excluding hydrogens is 370 g/mol. The Kier molecular flexibility index (Phi) is 5.47. The van der Waals surface area contributed by atoms with Gasteiger partial charge in [0.2, 0.25) is 0 Å². The molecule has 0 unspecified atom stereocenters. The molecule has 0 aliphatic carbocycles. The maximum Gasteiger partial charge on any atom is 0.257 e. The molecule has 1 aliphatic rings. The van der Waals surface area contributed by atoms with E-state index in [1.165, 1.54) is 6.20 Å². The molecular formula is C22H21N3O4. The zero-order valence-corrected chi connectivity index (χ0v) is 16.0. The van der Waals surface area contributed by atoms with Crippen LogP contribution in [0.2, 0.25) is 0 Å². The number of rotatable bonds is 6. The monoisotopic (exact) mass is 391 g/mol. The van der Waals surface area contributed by atoms with Crippen LogP contribution in [0.3, 0.4) is 0 Å². The number of fused-ring (bicyclic) bond motifs is 1. The predicted octanol–water partition coefficient (Wildman–Crippen LogP) is 3.73. The summed E-state index contributed by atoms with van der Waals surface area (Å²) in [7, 11) is 1.65. The van der Waals surface area contributed by atoms with Gasteiger partial charge in [-0.3, -0.25) is 4.79 Å². The summed E-state index contributed by atoms with van der Waals surface area (Å²) in [6.45, 7) is 1.60. The van der Waals surface area contributed by atoms with Crippen LogP contribution in [0.5, 0.6) is 17.2 Å². The number of nitrogens with zero attached hydrogens (tertiary/aromatic N) is 1. The second-order valence-corrected chi connectivity index (χ2v) is 6.41. The van der Waals surface area contributed by atoms with Crippen LogP contribution in [0.4, 0.5) is 11.5 Å². The van der Waals surface area contributed by atoms with E-state index in [1.54, 1.807) is 37.4 Å². The maximum absolute atomic E-state index is 12.5. The lowest BCUT2D eigenvalue weighted by atomic mass is 10.2. The molecule has 2 heterocycles. The highest BCUT2D eigenvalue weighted by molar-refractivity contribution is 6.04. The van der Waals surface area contributed by atoms with Crippen LogP contribution in [-0.2, 0) is 6.54 Å². The van der Waals surface area contributed by atoms with Crippen molar-refractivity contribution in [2.45, 2.75) is 6.54 Å². The van der Waals surface area contributed by atoms with Crippen LogP contribution in [0.1, 0.15) is 15.9 Å². The van der Waals surface area contributed by atoms with Gasteiger partial charge in [-0.25, -0.2) is 4.98 Å². The third-order valence-corrected chi connectivity index (χ3v) is 4.48. The van der Waals surface area contributed by atoms with Crippen molar-refractivity contribution in [1.82, 2.24) is 4.98 Å². The Bertz CT molecular complexity index is 1010. The van der Waals surface area contributed by atoms with E-state index in [4.69, 9.17) is 14.2 Å². The van der Waals surface area contributed by atoms with E-state index in [1.807, 2.05) is 24.3 Å². The van der Waals surface area contributed by atoms with Crippen molar-refractivity contribution in [3.05, 3.63) is 71.9 Å². The van der Waals surface area contributed by atoms with Gasteiger partial charge in [0.15, 0.2) is 11.5 Å². The molecule has 0 saturated heterocycles. The fourth-order valence-corrected chi connectivity index (χ4v) is 2.99. The number of carbonyl (C=O) groups excluding carboxylic acids is 1. The number of hydrogen-bond donors (Lipinski definition) is 2. The minimum Gasteiger partial charge on any atom is -0.496 e. The van der Waals surface area contributed by atoms with Gasteiger partial charge in [0.25, 0.3) is 5.91 Å². The molecule has 0 atom stereocenters. The van der Waals surface area contributed by atoms with E-state index in [2.05, 4.69) is 15.6 Å². The molecule has 2 aromatic carbocycles. The smallest absolute Gasteiger partial charge is 0.257 e. The standard InChI is InChI=1S/C22H21N3O4/c1-27-18-5-3-2-4-15(18)13-23-21-9-6-16(14-24-21)22(26)25-17-7-8-19-20(12-17)29-11-10-28-19/h2-9,12,14H,10-11,13H2,1H3,(H,23,24)(H,25,26). The number of pyridine rings is 1. The molecule has 0 saturated carbocycles. The molecule has 0 bridgehead atoms. The highest BCUT2D eigenvalue weighted by atomic mass is 16.6. The van der Waals surface area contributed by atoms with E-state index in [-0.39, 0.29) is 5.91 Å². The number of benzene rings is 2. The SMILES string of the molecule is COc1ccccc1CNc1ccc(C(=O)Nc2ccc3c(c2)OCCO3)cn1. The summed E-state index contributed by atoms with van der Waals surface area (Å²) < 4.78 is 16.4. The van der Waals surface area contributed by atoms with Crippen molar-refractivity contribution in [1.29, 1.82) is 0 Å². The molecule has 4 rings (SSSR count). The zero-order valence-electron chi connectivity index (χ0n) is 16.0. The number of ether oxygens (including phenoxy) is 3. The molecule has 1 amide bonds. The van der Waals surface area contributed by atoms with Gasteiger partial charge >= 0.3 is 0 Å². The second kappa shape index (κ2) is 8.52. The normalized spacial score (nSPS) is 12.2. The van der Waals surface area contributed by atoms with E-state index in [0.717, 1.165) is 11.3 Å². The quantitative estimate of drug-likeness (QED) is 0.666. The van der Waals surface area contributed by atoms with Gasteiger partial charge in [0, 0.05) is 30.1 Å². The Morgan fingerprint density at radius 1 is 1.07 bits per heavy atom. The van der Waals surface area contributed by atoms with E-state index in [9.17, 15) is 4.79 Å². The number of hydrogen-bond acceptors (Lipinski definition) is 6. The van der Waals surface area contributed by atoms with Gasteiger partial charge < -0.3 is 24.8 Å². The number of nitrogens with one attached hydrogen (secondary N) is 2. The number of para-hydroxylation sites is 1. The molecule has 0 spiro atoms. The minimum atomic E-state index is -0.245. The summed E-state index contributed by atoms with van der Waals surface area (Å²) in [6, 6.07) is 16.6. The first-order valence-corrected chi connectivity index (χ1v) is 9.26. The molecule has 148 valence electrons. The average Bonchev–Trinajstić information content (AvgIpc) is 2.78. The Labute approximate surface area is 168 Å². The lowest BCUT2D eigenvalue weighted by Gasteiger charge is -2.19. The van der Waals surface area contributed by atoms with Crippen molar-refractivity contribution in [3.8, 4) is 17.2 Å². The Hall–Kier alpha value is -3.74. The Morgan fingerprint density at radius 2 is 1.90 bits per heavy atom. The second-order valence-electron chi connectivity index (χ2n) is 6.41. The van der Waals surface area contributed by atoms with E-state index in [0.29, 0.717) is 48.3 Å². The fraction of sp³-hybridized carbons (Fsp3) is 0.182. The topological polar surface area (TPSA) is 81.7 Å². The summed E-state index contributed by atoms with van der Waals surface area (Å²) in [4.78, 5) is 16.8. The van der Waals surface area contributed by atoms with E-state index >= 15 is 0 Å². The number of amides is 1. The number of methoxy groups -OCH3 is 1. The van der Waals surface area contributed by atoms with Crippen molar-refractivity contribution in [3.63, 3.8) is 0 Å². The predicted molar refractivity (Wildman–Crippen MR) is 110 cm³/mol. The molecule has 7 heteroatoms. The molecule has 1 aromatic heterocycles. The highest BCUT2D eigenvalue weighted by Gasteiger charge is 2.13. The zero-order chi connectivity index (χ0) is 20.1. The van der Waals surface area contributed by atoms with Crippen LogP contribution in [0.15, 0.2) is 60.8 Å². The van der Waals surface area contributed by atoms with Crippen LogP contribution < -0.4 is 24.8 Å². The van der Waals surface area contributed by atoms with Gasteiger partial charge in [-0.2, -0.15) is 0 Å². The van der Waals surface area contributed by atoms with Crippen molar-refractivity contribution in [2.75, 3.05) is 31.0 Å². The summed E-state index contributed by atoms with van der Waals surface area (Å²) in [5.41, 5.74) is 2.12. The Balaban J connectivity index is 1.38. The molecule has 1 aliphatic heterocycles. The minimum absolute atomic E-state index is 0.245. The van der Waals surface area contributed by atoms with Gasteiger partial charge in [0.05, 0.1) is 12.7 Å². The number of anilines is 2. The molecule has 3 aromatic rings. The molecule has 0 fully saturated rings. The first-order valence-electron chi connectivity index (χ1n) is 9.26. The summed E-state index contributed by atoms with van der Waals surface area (Å²) in [6.07, 6.45) is 1.54. The number of aromatic nitrogens is 1. The molecule has 2 N–H and O–H groups in total. The van der Waals surface area contributed by atoms with Gasteiger partial charge in [-0.05, 0) is 30.3 Å². The largest absolute Gasteiger partial charge is 0.496 e. The number of carbonyl (C=O) groups is 1. The first-order chi connectivity index (χ1) is 14.2. The first kappa shape index (κ1) is 18.6. The Morgan fingerprint density at radius 3 is 2.69 bits per heavy atom. The van der Waals surface area contributed by atoms with Crippen LogP contribution in [-0.4, -0.2) is 31.2 Å². The van der Waals surface area contributed by atoms with Crippen molar-refractivity contribution in [2.24, 2.45) is 0 Å². The maximum atomic E-state index is 12.5. The van der Waals surface area contributed by atoms with Gasteiger partial charge in [0.1, 0.15) is 24.8 Å². The summed E-state index contributed by atoms with van der Waals surface area (Å²) in [5, 5.41) is 6.08. The van der Waals surface area contributed by atoms with Crippen LogP contribution in [0, 0.1) is 0 Å². The van der Waals surface area contributed by atoms with Gasteiger partial charge in [-0.15, -0.1) is 0 Å². The van der Waals surface area contributed by atoms with Crippen molar-refractivity contribution >= 4 is 17.4 Å². The van der Waals surface area contributed by atoms with Crippen LogP contribution >= 0.6 is 0 Å². The van der Waals surface area contributed by atoms with Crippen LogP contribution in [0.25, 0.3) is 0 Å². The average molecular weight is 391 g/mol. The lowest BCUT2D eigenvalue weighted by Crippen LogP contribution is -2.16. The van der Waals surface area contributed by atoms with Crippen molar-refractivity contribution < 1.29 is 19.0 Å². The molecule has 0 radical (unpaired) electrons.